The van der Waals surface area contributed by atoms with Crippen LogP contribution in [-0.2, 0) is 16.5 Å². The highest BCUT2D eigenvalue weighted by Crippen LogP contribution is 2.23. The largest absolute Gasteiger partial charge is 0.522 e. The Morgan fingerprint density at radius 2 is 1.78 bits per heavy atom. The van der Waals surface area contributed by atoms with Gasteiger partial charge in [-0.3, -0.25) is 4.55 Å². The van der Waals surface area contributed by atoms with Crippen molar-refractivity contribution < 1.29 is 30.9 Å². The number of aryl methyl sites for hydroxylation is 1. The lowest BCUT2D eigenvalue weighted by atomic mass is 10.1. The van der Waals surface area contributed by atoms with E-state index in [0.717, 1.165) is 18.8 Å². The molecule has 0 amide bonds. The van der Waals surface area contributed by atoms with E-state index in [1.807, 2.05) is 12.1 Å². The van der Waals surface area contributed by atoms with Crippen LogP contribution in [-0.4, -0.2) is 25.1 Å². The topological polar surface area (TPSA) is 63.6 Å². The molecule has 0 aromatic heterocycles. The summed E-state index contributed by atoms with van der Waals surface area (Å²) in [5.41, 5.74) is -4.18. The van der Waals surface area contributed by atoms with Crippen LogP contribution in [0.2, 0.25) is 0 Å². The molecule has 4 nitrogen and oxygen atoms in total. The number of rotatable bonds is 0. The maximum absolute atomic E-state index is 10.7. The van der Waals surface area contributed by atoms with Gasteiger partial charge in [0.2, 0.25) is 0 Å². The lowest BCUT2D eigenvalue weighted by Crippen LogP contribution is -2.21. The predicted molar refractivity (Wildman–Crippen MR) is 57.9 cm³/mol. The Hall–Kier alpha value is -1.28. The van der Waals surface area contributed by atoms with E-state index < -0.39 is 15.6 Å². The summed E-state index contributed by atoms with van der Waals surface area (Å²) in [5.74, 6) is 1.08. The van der Waals surface area contributed by atoms with Crippen LogP contribution in [0.4, 0.5) is 13.2 Å². The fourth-order valence-corrected chi connectivity index (χ4v) is 1.30. The molecule has 1 aromatic carbocycles. The smallest absolute Gasteiger partial charge is 0.493 e. The van der Waals surface area contributed by atoms with Crippen molar-refractivity contribution in [2.75, 3.05) is 6.61 Å². The van der Waals surface area contributed by atoms with Gasteiger partial charge in [0.25, 0.3) is 0 Å². The van der Waals surface area contributed by atoms with Gasteiger partial charge in [-0.05, 0) is 24.5 Å². The summed E-state index contributed by atoms with van der Waals surface area (Å²) >= 11 is 0. The molecule has 0 saturated heterocycles. The van der Waals surface area contributed by atoms with E-state index in [-0.39, 0.29) is 0 Å². The Balaban J connectivity index is 0.000000187. The zero-order valence-electron chi connectivity index (χ0n) is 9.14. The third-order valence-corrected chi connectivity index (χ3v) is 2.70. The highest BCUT2D eigenvalue weighted by molar-refractivity contribution is 7.86. The van der Waals surface area contributed by atoms with E-state index in [9.17, 15) is 13.2 Å². The second-order valence-corrected chi connectivity index (χ2v) is 4.89. The molecule has 18 heavy (non-hydrogen) atoms. The van der Waals surface area contributed by atoms with Crippen molar-refractivity contribution in [3.05, 3.63) is 29.8 Å². The molecule has 102 valence electrons. The number of para-hydroxylation sites is 1. The van der Waals surface area contributed by atoms with Crippen LogP contribution in [0.3, 0.4) is 0 Å². The molecule has 1 heterocycles. The van der Waals surface area contributed by atoms with Gasteiger partial charge >= 0.3 is 15.6 Å². The van der Waals surface area contributed by atoms with Crippen molar-refractivity contribution >= 4 is 10.1 Å². The van der Waals surface area contributed by atoms with Gasteiger partial charge in [-0.2, -0.15) is 21.6 Å². The minimum absolute atomic E-state index is 0.886. The van der Waals surface area contributed by atoms with Crippen molar-refractivity contribution in [3.8, 4) is 5.75 Å². The summed E-state index contributed by atoms with van der Waals surface area (Å²) in [6, 6.07) is 8.25. The van der Waals surface area contributed by atoms with E-state index in [1.54, 1.807) is 0 Å². The second kappa shape index (κ2) is 5.57. The standard InChI is InChI=1S/C9H10O.CHF3O3S/c1-2-6-9-8(4-1)5-3-7-10-9;2-1(3,4)8(5,6)7/h1-2,4,6H,3,5,7H2;(H,5,6,7). The molecular formula is C10H11F3O4S. The Morgan fingerprint density at radius 3 is 2.28 bits per heavy atom. The number of halogens is 3. The molecule has 1 aliphatic rings. The Kier molecular flexibility index (Phi) is 4.58. The van der Waals surface area contributed by atoms with E-state index in [2.05, 4.69) is 12.1 Å². The summed E-state index contributed by atoms with van der Waals surface area (Å²) in [6.07, 6.45) is 2.34. The van der Waals surface area contributed by atoms with Crippen LogP contribution >= 0.6 is 0 Å². The van der Waals surface area contributed by atoms with Gasteiger partial charge in [0, 0.05) is 0 Å². The Labute approximate surface area is 102 Å². The van der Waals surface area contributed by atoms with Crippen molar-refractivity contribution in [1.29, 1.82) is 0 Å². The summed E-state index contributed by atoms with van der Waals surface area (Å²) < 4.78 is 63.0. The molecule has 1 aromatic rings. The molecule has 0 radical (unpaired) electrons. The monoisotopic (exact) mass is 284 g/mol. The maximum atomic E-state index is 10.7. The highest BCUT2D eigenvalue weighted by atomic mass is 32.2. The lowest BCUT2D eigenvalue weighted by Gasteiger charge is -2.15. The average molecular weight is 284 g/mol. The van der Waals surface area contributed by atoms with Crippen LogP contribution in [0.25, 0.3) is 0 Å². The van der Waals surface area contributed by atoms with Gasteiger partial charge in [0.15, 0.2) is 0 Å². The van der Waals surface area contributed by atoms with Crippen LogP contribution in [0.15, 0.2) is 24.3 Å². The molecule has 2 rings (SSSR count). The van der Waals surface area contributed by atoms with Gasteiger partial charge in [-0.15, -0.1) is 0 Å². The molecule has 8 heteroatoms. The van der Waals surface area contributed by atoms with Gasteiger partial charge in [-0.1, -0.05) is 18.2 Å². The fraction of sp³-hybridized carbons (Fsp3) is 0.400. The molecule has 0 bridgehead atoms. The first-order chi connectivity index (χ1) is 8.22. The number of fused-ring (bicyclic) bond motifs is 1. The van der Waals surface area contributed by atoms with Crippen molar-refractivity contribution in [2.24, 2.45) is 0 Å². The quantitative estimate of drug-likeness (QED) is 0.587. The van der Waals surface area contributed by atoms with Crippen LogP contribution < -0.4 is 4.74 Å². The van der Waals surface area contributed by atoms with Crippen molar-refractivity contribution in [1.82, 2.24) is 0 Å². The predicted octanol–water partition coefficient (Wildman–Crippen LogP) is 2.41. The van der Waals surface area contributed by atoms with Gasteiger partial charge < -0.3 is 4.74 Å². The van der Waals surface area contributed by atoms with Crippen LogP contribution in [0, 0.1) is 0 Å². The molecule has 0 saturated carbocycles. The number of alkyl halides is 3. The van der Waals surface area contributed by atoms with Gasteiger partial charge in [0.05, 0.1) is 6.61 Å². The third kappa shape index (κ3) is 4.19. The SMILES string of the molecule is O=S(=O)(O)C(F)(F)F.c1ccc2c(c1)CCCO2. The lowest BCUT2D eigenvalue weighted by molar-refractivity contribution is -0.0510. The first-order valence-electron chi connectivity index (χ1n) is 4.96. The summed E-state index contributed by atoms with van der Waals surface area (Å²) in [7, 11) is -5.84. The van der Waals surface area contributed by atoms with Crippen molar-refractivity contribution in [2.45, 2.75) is 18.3 Å². The zero-order chi connectivity index (χ0) is 13.8. The van der Waals surface area contributed by atoms with Gasteiger partial charge in [0.1, 0.15) is 5.75 Å². The number of ether oxygens (including phenoxy) is 1. The van der Waals surface area contributed by atoms with E-state index in [1.165, 1.54) is 12.0 Å². The van der Waals surface area contributed by atoms with Crippen molar-refractivity contribution in [3.63, 3.8) is 0 Å². The number of hydrogen-bond donors (Lipinski definition) is 1. The molecule has 1 N–H and O–H groups in total. The average Bonchev–Trinajstić information content (AvgIpc) is 2.27. The van der Waals surface area contributed by atoms with Crippen LogP contribution in [0.5, 0.6) is 5.75 Å². The van der Waals surface area contributed by atoms with E-state index in [0.29, 0.717) is 0 Å². The molecule has 0 spiro atoms. The molecular weight excluding hydrogens is 273 g/mol. The highest BCUT2D eigenvalue weighted by Gasteiger charge is 2.44. The molecule has 0 fully saturated rings. The first kappa shape index (κ1) is 14.8. The summed E-state index contributed by atoms with van der Waals surface area (Å²) in [4.78, 5) is 0. The molecule has 1 aliphatic heterocycles. The van der Waals surface area contributed by atoms with Crippen LogP contribution in [0.1, 0.15) is 12.0 Å². The molecule has 0 atom stereocenters. The summed E-state index contributed by atoms with van der Waals surface area (Å²) in [6.45, 7) is 0.886. The van der Waals surface area contributed by atoms with Gasteiger partial charge in [-0.25, -0.2) is 0 Å². The summed E-state index contributed by atoms with van der Waals surface area (Å²) in [5, 5.41) is 0. The third-order valence-electron chi connectivity index (χ3n) is 2.11. The van der Waals surface area contributed by atoms with E-state index >= 15 is 0 Å². The fourth-order valence-electron chi connectivity index (χ4n) is 1.30. The minimum Gasteiger partial charge on any atom is -0.493 e. The number of hydrogen-bond acceptors (Lipinski definition) is 3. The zero-order valence-corrected chi connectivity index (χ0v) is 9.96. The number of benzene rings is 1. The second-order valence-electron chi connectivity index (χ2n) is 3.48. The Morgan fingerprint density at radius 1 is 1.22 bits per heavy atom. The Bertz CT molecular complexity index is 471. The minimum atomic E-state index is -5.84. The molecule has 0 unspecified atom stereocenters. The first-order valence-corrected chi connectivity index (χ1v) is 6.40. The van der Waals surface area contributed by atoms with E-state index in [4.69, 9.17) is 17.7 Å². The molecule has 0 aliphatic carbocycles. The normalized spacial score (nSPS) is 14.9. The maximum Gasteiger partial charge on any atom is 0.522 e.